The first-order chi connectivity index (χ1) is 10.5. The number of carbonyl (C=O) groups excluding carboxylic acids is 1. The van der Waals surface area contributed by atoms with E-state index in [1.807, 2.05) is 0 Å². The largest absolute Gasteiger partial charge is 0.390 e. The summed E-state index contributed by atoms with van der Waals surface area (Å²) in [4.78, 5) is 14.9. The van der Waals surface area contributed by atoms with Crippen molar-refractivity contribution in [1.29, 1.82) is 5.26 Å². The van der Waals surface area contributed by atoms with E-state index in [-0.39, 0.29) is 23.4 Å². The van der Waals surface area contributed by atoms with E-state index in [1.54, 1.807) is 4.90 Å². The molecule has 118 valence electrons. The Morgan fingerprint density at radius 3 is 2.86 bits per heavy atom. The van der Waals surface area contributed by atoms with Gasteiger partial charge < -0.3 is 15.7 Å². The molecule has 0 aromatic rings. The minimum absolute atomic E-state index is 0.0200. The standard InChI is InChI=1S/C17H23N3O2/c18-7-12-2-10-3-13(10)20(12)15(21)14(19)17-5-9-1-11(17)6-16(22,4-9)8-17/h9-14,22H,1-6,8,19H2/t9?,10-,11?,12+,13+,14-,16?,17?/m1/s1. The van der Waals surface area contributed by atoms with Crippen LogP contribution in [0.3, 0.4) is 0 Å². The number of fused-ring (bicyclic) bond motifs is 1. The second kappa shape index (κ2) is 3.85. The van der Waals surface area contributed by atoms with Gasteiger partial charge in [0.15, 0.2) is 0 Å². The van der Waals surface area contributed by atoms with Crippen molar-refractivity contribution in [2.75, 3.05) is 0 Å². The fourth-order valence-corrected chi connectivity index (χ4v) is 6.71. The van der Waals surface area contributed by atoms with Gasteiger partial charge >= 0.3 is 0 Å². The Morgan fingerprint density at radius 2 is 2.14 bits per heavy atom. The Labute approximate surface area is 130 Å². The zero-order valence-corrected chi connectivity index (χ0v) is 12.7. The summed E-state index contributed by atoms with van der Waals surface area (Å²) in [5, 5.41) is 20.0. The van der Waals surface area contributed by atoms with Crippen molar-refractivity contribution in [3.63, 3.8) is 0 Å². The molecular weight excluding hydrogens is 278 g/mol. The lowest BCUT2D eigenvalue weighted by molar-refractivity contribution is -0.138. The molecule has 4 bridgehead atoms. The average molecular weight is 301 g/mol. The van der Waals surface area contributed by atoms with Gasteiger partial charge in [0.05, 0.1) is 17.7 Å². The fourth-order valence-electron chi connectivity index (χ4n) is 6.71. The van der Waals surface area contributed by atoms with Crippen molar-refractivity contribution in [3.05, 3.63) is 0 Å². The topological polar surface area (TPSA) is 90.4 Å². The maximum atomic E-state index is 13.1. The number of hydrogen-bond acceptors (Lipinski definition) is 4. The smallest absolute Gasteiger partial charge is 0.241 e. The number of amides is 1. The average Bonchev–Trinajstić information content (AvgIpc) is 2.98. The minimum atomic E-state index is -0.578. The van der Waals surface area contributed by atoms with Crippen LogP contribution in [0.15, 0.2) is 0 Å². The number of rotatable bonds is 2. The number of piperidine rings is 1. The quantitative estimate of drug-likeness (QED) is 0.788. The molecule has 3 N–H and O–H groups in total. The van der Waals surface area contributed by atoms with Crippen molar-refractivity contribution in [2.45, 2.75) is 68.7 Å². The molecule has 1 aliphatic heterocycles. The van der Waals surface area contributed by atoms with E-state index in [0.29, 0.717) is 24.2 Å². The van der Waals surface area contributed by atoms with Crippen LogP contribution in [0.1, 0.15) is 44.9 Å². The van der Waals surface area contributed by atoms with Crippen molar-refractivity contribution >= 4 is 5.91 Å². The van der Waals surface area contributed by atoms with E-state index in [1.165, 1.54) is 0 Å². The number of carbonyl (C=O) groups is 1. The number of nitriles is 1. The molecule has 22 heavy (non-hydrogen) atoms. The Kier molecular flexibility index (Phi) is 2.34. The molecule has 5 aliphatic carbocycles. The lowest BCUT2D eigenvalue weighted by atomic mass is 9.69. The molecule has 5 saturated carbocycles. The first-order valence-corrected chi connectivity index (χ1v) is 8.65. The van der Waals surface area contributed by atoms with Crippen LogP contribution in [0, 0.1) is 34.5 Å². The second-order valence-corrected chi connectivity index (χ2v) is 8.71. The summed E-state index contributed by atoms with van der Waals surface area (Å²) in [5.74, 6) is 1.44. The van der Waals surface area contributed by atoms with Crippen LogP contribution in [0.2, 0.25) is 0 Å². The fraction of sp³-hybridized carbons (Fsp3) is 0.882. The summed E-state index contributed by atoms with van der Waals surface area (Å²) in [6.07, 6.45) is 6.37. The Bertz CT molecular complexity index is 601. The molecule has 6 rings (SSSR count). The molecule has 1 amide bonds. The molecule has 1 heterocycles. The van der Waals surface area contributed by atoms with Gasteiger partial charge in [-0.3, -0.25) is 4.79 Å². The van der Waals surface area contributed by atoms with Gasteiger partial charge in [-0.15, -0.1) is 0 Å². The molecule has 8 atom stereocenters. The summed E-state index contributed by atoms with van der Waals surface area (Å²) < 4.78 is 0. The normalized spacial score (nSPS) is 55.1. The zero-order valence-electron chi connectivity index (χ0n) is 12.7. The van der Waals surface area contributed by atoms with Crippen LogP contribution in [0.5, 0.6) is 0 Å². The van der Waals surface area contributed by atoms with E-state index in [0.717, 1.165) is 38.5 Å². The lowest BCUT2D eigenvalue weighted by Crippen LogP contribution is -2.56. The predicted molar refractivity (Wildman–Crippen MR) is 78.2 cm³/mol. The number of aliphatic hydroxyl groups is 1. The van der Waals surface area contributed by atoms with Gasteiger partial charge in [-0.25, -0.2) is 0 Å². The van der Waals surface area contributed by atoms with Gasteiger partial charge in [-0.2, -0.15) is 5.26 Å². The maximum absolute atomic E-state index is 13.1. The molecule has 1 saturated heterocycles. The third kappa shape index (κ3) is 1.48. The summed E-state index contributed by atoms with van der Waals surface area (Å²) in [6.45, 7) is 0. The first-order valence-electron chi connectivity index (χ1n) is 8.65. The van der Waals surface area contributed by atoms with Crippen LogP contribution in [-0.4, -0.2) is 39.6 Å². The van der Waals surface area contributed by atoms with Crippen LogP contribution in [-0.2, 0) is 4.79 Å². The van der Waals surface area contributed by atoms with E-state index in [9.17, 15) is 15.2 Å². The highest BCUT2D eigenvalue weighted by Gasteiger charge is 2.67. The van der Waals surface area contributed by atoms with Crippen molar-refractivity contribution in [3.8, 4) is 6.07 Å². The Hall–Kier alpha value is -1.12. The molecule has 0 radical (unpaired) electrons. The van der Waals surface area contributed by atoms with Crippen molar-refractivity contribution < 1.29 is 9.90 Å². The molecule has 5 nitrogen and oxygen atoms in total. The molecule has 5 heteroatoms. The van der Waals surface area contributed by atoms with E-state index >= 15 is 0 Å². The molecule has 0 aromatic carbocycles. The second-order valence-electron chi connectivity index (χ2n) is 8.71. The highest BCUT2D eigenvalue weighted by Crippen LogP contribution is 2.68. The van der Waals surface area contributed by atoms with Gasteiger partial charge in [0.1, 0.15) is 6.04 Å². The summed E-state index contributed by atoms with van der Waals surface area (Å²) >= 11 is 0. The maximum Gasteiger partial charge on any atom is 0.241 e. The summed E-state index contributed by atoms with van der Waals surface area (Å²) in [7, 11) is 0. The molecule has 0 aromatic heterocycles. The number of nitrogens with two attached hydrogens (primary N) is 1. The minimum Gasteiger partial charge on any atom is -0.390 e. The Morgan fingerprint density at radius 1 is 1.32 bits per heavy atom. The van der Waals surface area contributed by atoms with Crippen LogP contribution in [0.4, 0.5) is 0 Å². The van der Waals surface area contributed by atoms with Crippen LogP contribution >= 0.6 is 0 Å². The van der Waals surface area contributed by atoms with E-state index in [2.05, 4.69) is 6.07 Å². The highest BCUT2D eigenvalue weighted by molar-refractivity contribution is 5.84. The molecule has 4 unspecified atom stereocenters. The lowest BCUT2D eigenvalue weighted by Gasteiger charge is -2.41. The zero-order chi connectivity index (χ0) is 15.3. The van der Waals surface area contributed by atoms with Gasteiger partial charge in [0.25, 0.3) is 0 Å². The van der Waals surface area contributed by atoms with Crippen LogP contribution < -0.4 is 5.73 Å². The van der Waals surface area contributed by atoms with Gasteiger partial charge in [0, 0.05) is 11.5 Å². The number of likely N-dealkylation sites (tertiary alicyclic amines) is 1. The van der Waals surface area contributed by atoms with Crippen molar-refractivity contribution in [1.82, 2.24) is 4.90 Å². The summed E-state index contributed by atoms with van der Waals surface area (Å²) in [5.41, 5.74) is 5.72. The first kappa shape index (κ1) is 13.3. The SMILES string of the molecule is N#C[C@@H]1C[C@@H]2C[C@@H]2N1C(=O)[C@@H](N)C12CC3CC1CC(O)(C3)C2. The monoisotopic (exact) mass is 301 g/mol. The molecular formula is C17H23N3O2. The third-order valence-corrected chi connectivity index (χ3v) is 7.45. The van der Waals surface area contributed by atoms with Gasteiger partial charge in [0.2, 0.25) is 5.91 Å². The van der Waals surface area contributed by atoms with Crippen LogP contribution in [0.25, 0.3) is 0 Å². The third-order valence-electron chi connectivity index (χ3n) is 7.45. The summed E-state index contributed by atoms with van der Waals surface area (Å²) in [6, 6.07) is 1.73. The molecule has 0 spiro atoms. The predicted octanol–water partition coefficient (Wildman–Crippen LogP) is 0.768. The van der Waals surface area contributed by atoms with E-state index in [4.69, 9.17) is 5.73 Å². The van der Waals surface area contributed by atoms with E-state index < -0.39 is 11.6 Å². The van der Waals surface area contributed by atoms with Gasteiger partial charge in [-0.05, 0) is 62.7 Å². The van der Waals surface area contributed by atoms with Gasteiger partial charge in [-0.1, -0.05) is 0 Å². The Balaban J connectivity index is 1.44. The number of hydrogen-bond donors (Lipinski definition) is 2. The molecule has 6 fully saturated rings. The molecule has 6 aliphatic rings. The number of nitrogens with zero attached hydrogens (tertiary/aromatic N) is 2. The van der Waals surface area contributed by atoms with Crippen molar-refractivity contribution in [2.24, 2.45) is 28.9 Å². The highest BCUT2D eigenvalue weighted by atomic mass is 16.3.